The molecule has 40 heavy (non-hydrogen) atoms. The molecule has 0 aliphatic carbocycles. The van der Waals surface area contributed by atoms with Gasteiger partial charge in [0.1, 0.15) is 23.4 Å². The number of phenols is 1. The van der Waals surface area contributed by atoms with Crippen LogP contribution in [0.25, 0.3) is 0 Å². The fourth-order valence-electron chi connectivity index (χ4n) is 4.30. The zero-order valence-electron chi connectivity index (χ0n) is 25.0. The smallest absolute Gasteiger partial charge is 0.408 e. The Bertz CT molecular complexity index is 946. The Morgan fingerprint density at radius 2 is 1.60 bits per heavy atom. The molecule has 10 nitrogen and oxygen atoms in total. The van der Waals surface area contributed by atoms with Gasteiger partial charge in [-0.15, -0.1) is 0 Å². The third-order valence-electron chi connectivity index (χ3n) is 6.33. The van der Waals surface area contributed by atoms with Crippen LogP contribution in [0.3, 0.4) is 0 Å². The van der Waals surface area contributed by atoms with E-state index in [1.807, 2.05) is 0 Å². The Morgan fingerprint density at radius 3 is 2.20 bits per heavy atom. The number of hydrogen-bond acceptors (Lipinski definition) is 6. The lowest BCUT2D eigenvalue weighted by molar-refractivity contribution is -0.143. The van der Waals surface area contributed by atoms with Crippen molar-refractivity contribution < 1.29 is 29.0 Å². The standard InChI is InChI=1S/C30H50N4O6/c1-6-8-10-11-15-21-34(28(38)23(18-19-25(31)36)33-29(39)40-30(3,4)5)26(22-16-12-13-17-24(22)35)27(37)32-20-14-9-7-2/h12-13,16-17,23,26,35H,6-11,14-15,18-21H2,1-5H3,(H2,31,36)(H,32,37)(H,33,39). The first-order valence-corrected chi connectivity index (χ1v) is 14.5. The molecule has 0 fully saturated rings. The Kier molecular flexibility index (Phi) is 15.7. The number of hydrogen-bond donors (Lipinski definition) is 4. The maximum absolute atomic E-state index is 14.1. The molecule has 0 spiro atoms. The second-order valence-corrected chi connectivity index (χ2v) is 11.1. The van der Waals surface area contributed by atoms with Gasteiger partial charge in [-0.05, 0) is 46.1 Å². The van der Waals surface area contributed by atoms with E-state index < -0.39 is 41.5 Å². The molecule has 2 atom stereocenters. The highest BCUT2D eigenvalue weighted by Gasteiger charge is 2.37. The molecule has 1 rings (SSSR count). The summed E-state index contributed by atoms with van der Waals surface area (Å²) in [5.41, 5.74) is 4.84. The molecule has 0 heterocycles. The van der Waals surface area contributed by atoms with Crippen molar-refractivity contribution in [1.82, 2.24) is 15.5 Å². The van der Waals surface area contributed by atoms with Crippen LogP contribution in [0.5, 0.6) is 5.75 Å². The van der Waals surface area contributed by atoms with Gasteiger partial charge in [-0.3, -0.25) is 14.4 Å². The zero-order chi connectivity index (χ0) is 30.1. The summed E-state index contributed by atoms with van der Waals surface area (Å²) in [4.78, 5) is 53.4. The van der Waals surface area contributed by atoms with Crippen molar-refractivity contribution in [2.45, 2.75) is 117 Å². The summed E-state index contributed by atoms with van der Waals surface area (Å²) in [7, 11) is 0. The highest BCUT2D eigenvalue weighted by atomic mass is 16.6. The summed E-state index contributed by atoms with van der Waals surface area (Å²) in [5.74, 6) is -1.72. The largest absolute Gasteiger partial charge is 0.508 e. The number of nitrogens with zero attached hydrogens (tertiary/aromatic N) is 1. The molecule has 0 aliphatic rings. The second-order valence-electron chi connectivity index (χ2n) is 11.1. The molecule has 0 radical (unpaired) electrons. The fraction of sp³-hybridized carbons (Fsp3) is 0.667. The molecule has 1 aromatic carbocycles. The number of alkyl carbamates (subject to hydrolysis) is 1. The lowest BCUT2D eigenvalue weighted by Gasteiger charge is -2.35. The van der Waals surface area contributed by atoms with E-state index in [4.69, 9.17) is 10.5 Å². The number of carbonyl (C=O) groups is 4. The average Bonchev–Trinajstić information content (AvgIpc) is 2.87. The van der Waals surface area contributed by atoms with E-state index in [2.05, 4.69) is 24.5 Å². The van der Waals surface area contributed by atoms with Gasteiger partial charge in [-0.1, -0.05) is 70.6 Å². The molecule has 5 N–H and O–H groups in total. The number of para-hydroxylation sites is 1. The summed E-state index contributed by atoms with van der Waals surface area (Å²) in [6.45, 7) is 9.92. The van der Waals surface area contributed by atoms with Crippen LogP contribution in [0.4, 0.5) is 4.79 Å². The minimum Gasteiger partial charge on any atom is -0.508 e. The maximum atomic E-state index is 14.1. The Labute approximate surface area is 239 Å². The summed E-state index contributed by atoms with van der Waals surface area (Å²) in [5, 5.41) is 16.2. The van der Waals surface area contributed by atoms with Crippen LogP contribution in [0.15, 0.2) is 24.3 Å². The summed E-state index contributed by atoms with van der Waals surface area (Å²) in [6, 6.07) is 4.12. The van der Waals surface area contributed by atoms with Crippen LogP contribution in [0.1, 0.15) is 110 Å². The van der Waals surface area contributed by atoms with Crippen LogP contribution in [0, 0.1) is 0 Å². The number of carbonyl (C=O) groups excluding carboxylic acids is 4. The fourth-order valence-corrected chi connectivity index (χ4v) is 4.30. The summed E-state index contributed by atoms with van der Waals surface area (Å²) < 4.78 is 5.36. The molecule has 4 amide bonds. The molecule has 0 aromatic heterocycles. The van der Waals surface area contributed by atoms with Crippen molar-refractivity contribution in [2.75, 3.05) is 13.1 Å². The molecule has 0 bridgehead atoms. The van der Waals surface area contributed by atoms with Crippen LogP contribution in [-0.4, -0.2) is 58.6 Å². The predicted molar refractivity (Wildman–Crippen MR) is 155 cm³/mol. The monoisotopic (exact) mass is 562 g/mol. The van der Waals surface area contributed by atoms with Crippen LogP contribution in [0.2, 0.25) is 0 Å². The Hall–Kier alpha value is -3.30. The minimum absolute atomic E-state index is 0.0641. The molecule has 0 saturated carbocycles. The number of aromatic hydroxyl groups is 1. The Morgan fingerprint density at radius 1 is 0.975 bits per heavy atom. The van der Waals surface area contributed by atoms with Gasteiger partial charge in [0.05, 0.1) is 0 Å². The van der Waals surface area contributed by atoms with E-state index >= 15 is 0 Å². The number of unbranched alkanes of at least 4 members (excludes halogenated alkanes) is 6. The van der Waals surface area contributed by atoms with Gasteiger partial charge in [-0.25, -0.2) is 4.79 Å². The summed E-state index contributed by atoms with van der Waals surface area (Å²) in [6.07, 6.45) is 6.22. The van der Waals surface area contributed by atoms with E-state index in [9.17, 15) is 24.3 Å². The van der Waals surface area contributed by atoms with Gasteiger partial charge in [0.2, 0.25) is 17.7 Å². The average molecular weight is 563 g/mol. The van der Waals surface area contributed by atoms with Gasteiger partial charge >= 0.3 is 6.09 Å². The van der Waals surface area contributed by atoms with Crippen molar-refractivity contribution >= 4 is 23.8 Å². The number of nitrogens with two attached hydrogens (primary N) is 1. The molecular weight excluding hydrogens is 512 g/mol. The highest BCUT2D eigenvalue weighted by Crippen LogP contribution is 2.30. The van der Waals surface area contributed by atoms with E-state index in [-0.39, 0.29) is 30.7 Å². The lowest BCUT2D eigenvalue weighted by Crippen LogP contribution is -2.53. The molecule has 226 valence electrons. The topological polar surface area (TPSA) is 151 Å². The number of rotatable bonds is 18. The molecule has 1 aromatic rings. The molecule has 0 saturated heterocycles. The number of nitrogens with one attached hydrogen (secondary N) is 2. The molecule has 2 unspecified atom stereocenters. The highest BCUT2D eigenvalue weighted by molar-refractivity contribution is 5.92. The zero-order valence-corrected chi connectivity index (χ0v) is 25.0. The quantitative estimate of drug-likeness (QED) is 0.190. The van der Waals surface area contributed by atoms with Crippen LogP contribution < -0.4 is 16.4 Å². The number of primary amides is 1. The maximum Gasteiger partial charge on any atom is 0.408 e. The van der Waals surface area contributed by atoms with Crippen molar-refractivity contribution in [3.8, 4) is 5.75 Å². The first-order chi connectivity index (χ1) is 18.9. The minimum atomic E-state index is -1.17. The first-order valence-electron chi connectivity index (χ1n) is 14.5. The Balaban J connectivity index is 3.46. The molecular formula is C30H50N4O6. The van der Waals surface area contributed by atoms with Gasteiger partial charge in [-0.2, -0.15) is 0 Å². The number of amides is 4. The first kappa shape index (κ1) is 34.7. The van der Waals surface area contributed by atoms with E-state index in [0.717, 1.165) is 44.9 Å². The number of phenolic OH excluding ortho intramolecular Hbond substituents is 1. The van der Waals surface area contributed by atoms with Gasteiger partial charge in [0.15, 0.2) is 0 Å². The van der Waals surface area contributed by atoms with Crippen molar-refractivity contribution in [2.24, 2.45) is 5.73 Å². The van der Waals surface area contributed by atoms with E-state index in [1.54, 1.807) is 39.0 Å². The van der Waals surface area contributed by atoms with Gasteiger partial charge in [0, 0.05) is 25.1 Å². The second kappa shape index (κ2) is 18.1. The van der Waals surface area contributed by atoms with Crippen molar-refractivity contribution in [1.29, 1.82) is 0 Å². The summed E-state index contributed by atoms with van der Waals surface area (Å²) >= 11 is 0. The normalized spacial score (nSPS) is 12.7. The third kappa shape index (κ3) is 13.2. The lowest BCUT2D eigenvalue weighted by atomic mass is 9.99. The third-order valence-corrected chi connectivity index (χ3v) is 6.33. The molecule has 0 aliphatic heterocycles. The molecule has 10 heteroatoms. The van der Waals surface area contributed by atoms with Crippen molar-refractivity contribution in [3.63, 3.8) is 0 Å². The number of ether oxygens (including phenoxy) is 1. The van der Waals surface area contributed by atoms with Crippen LogP contribution >= 0.6 is 0 Å². The predicted octanol–water partition coefficient (Wildman–Crippen LogP) is 4.70. The van der Waals surface area contributed by atoms with Gasteiger partial charge in [0.25, 0.3) is 0 Å². The SMILES string of the molecule is CCCCCCCN(C(=O)C(CCC(N)=O)NC(=O)OC(C)(C)C)C(C(=O)NCCCCC)c1ccccc1O. The van der Waals surface area contributed by atoms with Crippen molar-refractivity contribution in [3.05, 3.63) is 29.8 Å². The number of benzene rings is 1. The van der Waals surface area contributed by atoms with Gasteiger partial charge < -0.3 is 31.1 Å². The van der Waals surface area contributed by atoms with E-state index in [1.165, 1.54) is 11.0 Å². The van der Waals surface area contributed by atoms with E-state index in [0.29, 0.717) is 13.0 Å². The van der Waals surface area contributed by atoms with Crippen LogP contribution in [-0.2, 0) is 19.1 Å².